The molecule has 23 heavy (non-hydrogen) atoms. The highest BCUT2D eigenvalue weighted by Crippen LogP contribution is 2.19. The maximum atomic E-state index is 8.09. The van der Waals surface area contributed by atoms with Crippen LogP contribution >= 0.6 is 0 Å². The predicted octanol–water partition coefficient (Wildman–Crippen LogP) is 4.12. The van der Waals surface area contributed by atoms with Crippen molar-refractivity contribution in [3.05, 3.63) is 90.3 Å². The van der Waals surface area contributed by atoms with Gasteiger partial charge in [-0.3, -0.25) is 15.8 Å². The van der Waals surface area contributed by atoms with E-state index in [1.54, 1.807) is 30.6 Å². The Kier molecular flexibility index (Phi) is 4.25. The van der Waals surface area contributed by atoms with E-state index in [1.165, 1.54) is 0 Å². The van der Waals surface area contributed by atoms with E-state index in [-0.39, 0.29) is 11.8 Å². The van der Waals surface area contributed by atoms with Gasteiger partial charge < -0.3 is 4.74 Å². The summed E-state index contributed by atoms with van der Waals surface area (Å²) < 4.78 is 5.36. The van der Waals surface area contributed by atoms with Gasteiger partial charge in [-0.2, -0.15) is 0 Å². The minimum Gasteiger partial charge on any atom is -0.421 e. The van der Waals surface area contributed by atoms with Gasteiger partial charge in [0, 0.05) is 29.1 Å². The van der Waals surface area contributed by atoms with Crippen LogP contribution in [0, 0.1) is 10.8 Å². The lowest BCUT2D eigenvalue weighted by molar-refractivity contribution is 0.538. The molecule has 0 bridgehead atoms. The van der Waals surface area contributed by atoms with Gasteiger partial charge in [0.25, 0.3) is 0 Å². The summed E-state index contributed by atoms with van der Waals surface area (Å²) in [7, 11) is 0. The number of nitrogens with one attached hydrogen (secondary N) is 2. The average molecular weight is 301 g/mol. The second kappa shape index (κ2) is 6.66. The fraction of sp³-hybridized carbons (Fsp3) is 0. The second-order valence-corrected chi connectivity index (χ2v) is 4.95. The van der Waals surface area contributed by atoms with Gasteiger partial charge in [-0.15, -0.1) is 0 Å². The van der Waals surface area contributed by atoms with Gasteiger partial charge in [-0.25, -0.2) is 0 Å². The Labute approximate surface area is 134 Å². The monoisotopic (exact) mass is 301 g/mol. The van der Waals surface area contributed by atoms with Gasteiger partial charge >= 0.3 is 0 Å². The molecule has 0 amide bonds. The van der Waals surface area contributed by atoms with Crippen molar-refractivity contribution in [3.63, 3.8) is 0 Å². The number of pyridine rings is 1. The van der Waals surface area contributed by atoms with Crippen molar-refractivity contribution >= 4 is 11.8 Å². The Morgan fingerprint density at radius 1 is 0.739 bits per heavy atom. The van der Waals surface area contributed by atoms with Crippen molar-refractivity contribution in [2.45, 2.75) is 0 Å². The van der Waals surface area contributed by atoms with Crippen LogP contribution in [0.25, 0.3) is 11.1 Å². The largest absolute Gasteiger partial charge is 0.421 e. The maximum Gasteiger partial charge on any atom is 0.221 e. The van der Waals surface area contributed by atoms with Crippen molar-refractivity contribution in [3.8, 4) is 11.1 Å². The lowest BCUT2D eigenvalue weighted by atomic mass is 10.0. The molecule has 0 unspecified atom stereocenters. The number of aromatic nitrogens is 1. The minimum absolute atomic E-state index is 0.0395. The van der Waals surface area contributed by atoms with E-state index in [0.717, 1.165) is 11.1 Å². The molecule has 1 aromatic heterocycles. The smallest absolute Gasteiger partial charge is 0.221 e. The summed E-state index contributed by atoms with van der Waals surface area (Å²) in [6, 6.07) is 20.4. The van der Waals surface area contributed by atoms with Gasteiger partial charge in [0.15, 0.2) is 0 Å². The van der Waals surface area contributed by atoms with E-state index < -0.39 is 0 Å². The summed E-state index contributed by atoms with van der Waals surface area (Å²) in [6.45, 7) is 0. The summed E-state index contributed by atoms with van der Waals surface area (Å²) in [6.07, 6.45) is 3.50. The Morgan fingerprint density at radius 3 is 2.17 bits per heavy atom. The van der Waals surface area contributed by atoms with Crippen LogP contribution in [0.5, 0.6) is 0 Å². The molecule has 3 rings (SSSR count). The average Bonchev–Trinajstić information content (AvgIpc) is 2.63. The van der Waals surface area contributed by atoms with Crippen LogP contribution in [-0.2, 0) is 4.74 Å². The number of hydrogen-bond acceptors (Lipinski definition) is 4. The summed E-state index contributed by atoms with van der Waals surface area (Å²) in [5.41, 5.74) is 3.18. The molecule has 0 saturated heterocycles. The first-order valence-corrected chi connectivity index (χ1v) is 7.15. The molecule has 0 fully saturated rings. The topological polar surface area (TPSA) is 69.8 Å². The molecular weight excluding hydrogens is 286 g/mol. The molecule has 0 aliphatic rings. The zero-order valence-electron chi connectivity index (χ0n) is 12.4. The van der Waals surface area contributed by atoms with E-state index in [2.05, 4.69) is 4.98 Å². The second-order valence-electron chi connectivity index (χ2n) is 4.95. The van der Waals surface area contributed by atoms with Crippen molar-refractivity contribution in [1.29, 1.82) is 10.8 Å². The Balaban J connectivity index is 1.79. The quantitative estimate of drug-likeness (QED) is 0.564. The van der Waals surface area contributed by atoms with Gasteiger partial charge in [-0.05, 0) is 35.9 Å². The predicted molar refractivity (Wildman–Crippen MR) is 90.9 cm³/mol. The van der Waals surface area contributed by atoms with Crippen LogP contribution in [0.2, 0.25) is 0 Å². The Morgan fingerprint density at radius 2 is 1.43 bits per heavy atom. The third-order valence-corrected chi connectivity index (χ3v) is 3.36. The van der Waals surface area contributed by atoms with Crippen molar-refractivity contribution in [2.24, 2.45) is 0 Å². The third-order valence-electron chi connectivity index (χ3n) is 3.36. The van der Waals surface area contributed by atoms with E-state index in [0.29, 0.717) is 11.1 Å². The molecule has 1 heterocycles. The number of hydrogen-bond donors (Lipinski definition) is 2. The zero-order chi connectivity index (χ0) is 16.1. The molecule has 4 nitrogen and oxygen atoms in total. The Hall–Kier alpha value is -3.27. The summed E-state index contributed by atoms with van der Waals surface area (Å²) >= 11 is 0. The van der Waals surface area contributed by atoms with Gasteiger partial charge in [0.05, 0.1) is 0 Å². The van der Waals surface area contributed by atoms with E-state index in [9.17, 15) is 0 Å². The van der Waals surface area contributed by atoms with Crippen molar-refractivity contribution < 1.29 is 4.74 Å². The highest BCUT2D eigenvalue weighted by Gasteiger charge is 2.09. The summed E-state index contributed by atoms with van der Waals surface area (Å²) in [4.78, 5) is 4.10. The molecule has 0 radical (unpaired) electrons. The standard InChI is InChI=1S/C19H15N3O/c20-18(14-6-2-1-3-7-14)23-19(21)16-9-4-8-15(12-16)17-10-5-11-22-13-17/h1-13,20-21H. The van der Waals surface area contributed by atoms with Crippen LogP contribution in [0.15, 0.2) is 79.1 Å². The van der Waals surface area contributed by atoms with E-state index >= 15 is 0 Å². The molecule has 0 atom stereocenters. The summed E-state index contributed by atoms with van der Waals surface area (Å²) in [5.74, 6) is -0.0908. The van der Waals surface area contributed by atoms with Crippen molar-refractivity contribution in [1.82, 2.24) is 4.98 Å². The van der Waals surface area contributed by atoms with Crippen molar-refractivity contribution in [2.75, 3.05) is 0 Å². The van der Waals surface area contributed by atoms with E-state index in [4.69, 9.17) is 15.6 Å². The van der Waals surface area contributed by atoms with E-state index in [1.807, 2.05) is 48.5 Å². The first-order valence-electron chi connectivity index (χ1n) is 7.15. The number of rotatable bonds is 3. The molecule has 0 saturated carbocycles. The highest BCUT2D eigenvalue weighted by molar-refractivity contribution is 6.05. The molecule has 0 spiro atoms. The summed E-state index contributed by atoms with van der Waals surface area (Å²) in [5, 5.41) is 16.0. The lowest BCUT2D eigenvalue weighted by Gasteiger charge is -2.09. The fourth-order valence-corrected chi connectivity index (χ4v) is 2.18. The van der Waals surface area contributed by atoms with Gasteiger partial charge in [0.1, 0.15) is 0 Å². The number of nitrogens with zero attached hydrogens (tertiary/aromatic N) is 1. The number of benzene rings is 2. The van der Waals surface area contributed by atoms with Gasteiger partial charge in [0.2, 0.25) is 11.8 Å². The zero-order valence-corrected chi connectivity index (χ0v) is 12.4. The molecule has 4 heteroatoms. The molecule has 2 aromatic carbocycles. The third kappa shape index (κ3) is 3.49. The van der Waals surface area contributed by atoms with Crippen LogP contribution in [0.1, 0.15) is 11.1 Å². The molecule has 3 aromatic rings. The van der Waals surface area contributed by atoms with Crippen LogP contribution < -0.4 is 0 Å². The molecular formula is C19H15N3O. The number of ether oxygens (including phenoxy) is 1. The SMILES string of the molecule is N=C(OC(=N)c1cccc(-c2cccnc2)c1)c1ccccc1. The maximum absolute atomic E-state index is 8.09. The molecule has 0 aliphatic carbocycles. The first-order chi connectivity index (χ1) is 11.2. The fourth-order valence-electron chi connectivity index (χ4n) is 2.18. The minimum atomic E-state index is -0.0513. The van der Waals surface area contributed by atoms with Crippen LogP contribution in [0.3, 0.4) is 0 Å². The van der Waals surface area contributed by atoms with Gasteiger partial charge in [-0.1, -0.05) is 36.4 Å². The highest BCUT2D eigenvalue weighted by atomic mass is 16.5. The lowest BCUT2D eigenvalue weighted by Crippen LogP contribution is -2.12. The van der Waals surface area contributed by atoms with Crippen LogP contribution in [0.4, 0.5) is 0 Å². The van der Waals surface area contributed by atoms with Crippen LogP contribution in [-0.4, -0.2) is 16.8 Å². The normalized spacial score (nSPS) is 10.1. The molecule has 2 N–H and O–H groups in total. The molecule has 0 aliphatic heterocycles. The Bertz CT molecular complexity index is 830. The molecule has 112 valence electrons. The first kappa shape index (κ1) is 14.7.